The normalized spacial score (nSPS) is 15.7. The molecule has 0 fully saturated rings. The predicted octanol–water partition coefficient (Wildman–Crippen LogP) is 6.52. The molecule has 0 aromatic heterocycles. The van der Waals surface area contributed by atoms with Gasteiger partial charge >= 0.3 is 0 Å². The molecule has 0 unspecified atom stereocenters. The van der Waals surface area contributed by atoms with E-state index in [9.17, 15) is 4.79 Å². The number of allylic oxidation sites excluding steroid dienone is 1. The number of Topliss-reactive ketones (excluding diaryl/α,β-unsaturated/α-hetero) is 1. The van der Waals surface area contributed by atoms with Gasteiger partial charge in [-0.25, -0.2) is 0 Å². The Balaban J connectivity index is 1.86. The average molecular weight is 378 g/mol. The van der Waals surface area contributed by atoms with E-state index in [1.54, 1.807) is 6.92 Å². The summed E-state index contributed by atoms with van der Waals surface area (Å²) in [5, 5.41) is 4.64. The molecule has 29 heavy (non-hydrogen) atoms. The summed E-state index contributed by atoms with van der Waals surface area (Å²) in [6.45, 7) is 3.54. The first-order valence-corrected chi connectivity index (χ1v) is 9.96. The molecule has 1 aliphatic heterocycles. The molecule has 1 aliphatic rings. The van der Waals surface area contributed by atoms with Gasteiger partial charge in [-0.1, -0.05) is 84.9 Å². The molecule has 0 spiro atoms. The molecule has 2 heteroatoms. The van der Waals surface area contributed by atoms with E-state index in [1.165, 1.54) is 10.8 Å². The van der Waals surface area contributed by atoms with Crippen molar-refractivity contribution in [3.8, 4) is 0 Å². The minimum Gasteiger partial charge on any atom is -0.482 e. The lowest BCUT2D eigenvalue weighted by Gasteiger charge is -2.33. The number of ketones is 1. The molecule has 0 amide bonds. The van der Waals surface area contributed by atoms with Gasteiger partial charge in [0.2, 0.25) is 0 Å². The van der Waals surface area contributed by atoms with Crippen molar-refractivity contribution in [1.29, 1.82) is 0 Å². The Labute approximate surface area is 170 Å². The van der Waals surface area contributed by atoms with Gasteiger partial charge in [-0.2, -0.15) is 0 Å². The minimum absolute atomic E-state index is 0.0739. The fraction of sp³-hybridized carbons (Fsp3) is 0.148. The Hall–Kier alpha value is -3.39. The van der Waals surface area contributed by atoms with Gasteiger partial charge in [0.05, 0.1) is 0 Å². The van der Waals surface area contributed by atoms with Crippen LogP contribution in [0, 0.1) is 0 Å². The summed E-state index contributed by atoms with van der Waals surface area (Å²) in [5.41, 5.74) is 2.24. The second kappa shape index (κ2) is 6.59. The molecule has 1 heterocycles. The summed E-state index contributed by atoms with van der Waals surface area (Å²) < 4.78 is 6.67. The van der Waals surface area contributed by atoms with E-state index < -0.39 is 5.60 Å². The van der Waals surface area contributed by atoms with Gasteiger partial charge in [0.15, 0.2) is 11.4 Å². The highest BCUT2D eigenvalue weighted by Gasteiger charge is 2.45. The van der Waals surface area contributed by atoms with Gasteiger partial charge < -0.3 is 4.74 Å². The van der Waals surface area contributed by atoms with Crippen LogP contribution in [0.15, 0.2) is 96.3 Å². The van der Waals surface area contributed by atoms with E-state index in [-0.39, 0.29) is 5.78 Å². The van der Waals surface area contributed by atoms with E-state index >= 15 is 0 Å². The van der Waals surface area contributed by atoms with Gasteiger partial charge in [-0.3, -0.25) is 4.79 Å². The van der Waals surface area contributed by atoms with Crippen molar-refractivity contribution in [2.24, 2.45) is 0 Å². The predicted molar refractivity (Wildman–Crippen MR) is 118 cm³/mol. The molecule has 5 rings (SSSR count). The molecule has 142 valence electrons. The largest absolute Gasteiger partial charge is 0.482 e. The van der Waals surface area contributed by atoms with Gasteiger partial charge in [-0.15, -0.1) is 0 Å². The van der Waals surface area contributed by atoms with E-state index in [0.717, 1.165) is 33.2 Å². The summed E-state index contributed by atoms with van der Waals surface area (Å²) in [6.07, 6.45) is 0.538. The van der Waals surface area contributed by atoms with Crippen LogP contribution in [0.3, 0.4) is 0 Å². The maximum absolute atomic E-state index is 12.4. The number of ether oxygens (including phenoxy) is 1. The topological polar surface area (TPSA) is 26.3 Å². The van der Waals surface area contributed by atoms with Crippen molar-refractivity contribution < 1.29 is 9.53 Å². The Morgan fingerprint density at radius 1 is 0.759 bits per heavy atom. The number of carbonyl (C=O) groups excluding carboxylic acids is 1. The lowest BCUT2D eigenvalue weighted by Crippen LogP contribution is -2.28. The first-order chi connectivity index (χ1) is 14.1. The van der Waals surface area contributed by atoms with Crippen LogP contribution in [0.5, 0.6) is 0 Å². The van der Waals surface area contributed by atoms with E-state index in [0.29, 0.717) is 6.42 Å². The lowest BCUT2D eigenvalue weighted by molar-refractivity contribution is -0.113. The molecule has 2 nitrogen and oxygen atoms in total. The Morgan fingerprint density at radius 2 is 1.24 bits per heavy atom. The van der Waals surface area contributed by atoms with Crippen molar-refractivity contribution in [1.82, 2.24) is 0 Å². The van der Waals surface area contributed by atoms with Crippen molar-refractivity contribution in [2.75, 3.05) is 0 Å². The van der Waals surface area contributed by atoms with Crippen LogP contribution in [0.2, 0.25) is 0 Å². The highest BCUT2D eigenvalue weighted by molar-refractivity contribution is 5.96. The Bertz CT molecular complexity index is 1210. The molecule has 0 radical (unpaired) electrons. The lowest BCUT2D eigenvalue weighted by atomic mass is 9.78. The van der Waals surface area contributed by atoms with Crippen LogP contribution in [-0.2, 0) is 15.1 Å². The molecular formula is C27H22O2. The number of fused-ring (bicyclic) bond motifs is 2. The number of benzene rings is 4. The second-order valence-electron chi connectivity index (χ2n) is 7.75. The van der Waals surface area contributed by atoms with Crippen molar-refractivity contribution in [3.05, 3.63) is 107 Å². The zero-order chi connectivity index (χ0) is 20.0. The first kappa shape index (κ1) is 17.7. The third-order valence-corrected chi connectivity index (χ3v) is 6.05. The summed E-state index contributed by atoms with van der Waals surface area (Å²) in [5.74, 6) is 0.795. The zero-order valence-electron chi connectivity index (χ0n) is 16.6. The fourth-order valence-corrected chi connectivity index (χ4v) is 4.71. The zero-order valence-corrected chi connectivity index (χ0v) is 16.6. The number of hydrogen-bond acceptors (Lipinski definition) is 2. The SMILES string of the molecule is CC(=O)C1=C(C)OC(c2cccc3ccccc23)(c2cccc3ccccc23)C1. The first-order valence-electron chi connectivity index (χ1n) is 9.96. The quantitative estimate of drug-likeness (QED) is 0.406. The van der Waals surface area contributed by atoms with Crippen molar-refractivity contribution in [3.63, 3.8) is 0 Å². The maximum Gasteiger partial charge on any atom is 0.164 e. The molecule has 0 bridgehead atoms. The van der Waals surface area contributed by atoms with Crippen LogP contribution in [0.25, 0.3) is 21.5 Å². The fourth-order valence-electron chi connectivity index (χ4n) is 4.71. The van der Waals surface area contributed by atoms with Crippen LogP contribution < -0.4 is 0 Å². The smallest absolute Gasteiger partial charge is 0.164 e. The Morgan fingerprint density at radius 3 is 1.72 bits per heavy atom. The summed E-state index contributed by atoms with van der Waals surface area (Å²) >= 11 is 0. The Kier molecular flexibility index (Phi) is 4.02. The minimum atomic E-state index is -0.729. The second-order valence-corrected chi connectivity index (χ2v) is 7.75. The van der Waals surface area contributed by atoms with Crippen LogP contribution in [0.4, 0.5) is 0 Å². The van der Waals surface area contributed by atoms with Crippen molar-refractivity contribution >= 4 is 27.3 Å². The molecule has 4 aromatic rings. The highest BCUT2D eigenvalue weighted by atomic mass is 16.5. The number of rotatable bonds is 3. The summed E-state index contributed by atoms with van der Waals surface area (Å²) in [4.78, 5) is 12.4. The van der Waals surface area contributed by atoms with Crippen molar-refractivity contribution in [2.45, 2.75) is 25.9 Å². The van der Waals surface area contributed by atoms with Crippen LogP contribution in [-0.4, -0.2) is 5.78 Å². The average Bonchev–Trinajstić information content (AvgIpc) is 3.11. The van der Waals surface area contributed by atoms with Gasteiger partial charge in [-0.05, 0) is 35.4 Å². The monoisotopic (exact) mass is 378 g/mol. The standard InChI is InChI=1S/C27H22O2/c1-18(28)24-17-27(29-19(24)2,25-15-7-11-20-9-3-5-13-22(20)25)26-16-8-12-21-10-4-6-14-23(21)26/h3-16H,17H2,1-2H3. The molecule has 0 N–H and O–H groups in total. The summed E-state index contributed by atoms with van der Waals surface area (Å²) in [6, 6.07) is 29.4. The van der Waals surface area contributed by atoms with E-state index in [1.807, 2.05) is 6.92 Å². The van der Waals surface area contributed by atoms with Crippen LogP contribution in [0.1, 0.15) is 31.4 Å². The summed E-state index contributed by atoms with van der Waals surface area (Å²) in [7, 11) is 0. The molecule has 4 aromatic carbocycles. The van der Waals surface area contributed by atoms with E-state index in [4.69, 9.17) is 4.74 Å². The molecule has 0 atom stereocenters. The highest BCUT2D eigenvalue weighted by Crippen LogP contribution is 2.50. The number of carbonyl (C=O) groups is 1. The molecular weight excluding hydrogens is 356 g/mol. The molecule has 0 aliphatic carbocycles. The van der Waals surface area contributed by atoms with E-state index in [2.05, 4.69) is 84.9 Å². The maximum atomic E-state index is 12.4. The number of hydrogen-bond donors (Lipinski definition) is 0. The molecule has 0 saturated carbocycles. The third-order valence-electron chi connectivity index (χ3n) is 6.05. The van der Waals surface area contributed by atoms with Crippen LogP contribution >= 0.6 is 0 Å². The molecule has 0 saturated heterocycles. The van der Waals surface area contributed by atoms with Gasteiger partial charge in [0, 0.05) is 23.1 Å². The van der Waals surface area contributed by atoms with Gasteiger partial charge in [0.25, 0.3) is 0 Å². The third kappa shape index (κ3) is 2.67. The van der Waals surface area contributed by atoms with Gasteiger partial charge in [0.1, 0.15) is 5.76 Å².